The van der Waals surface area contributed by atoms with Crippen LogP contribution in [0.4, 0.5) is 0 Å². The molecule has 21 heavy (non-hydrogen) atoms. The standard InChI is InChI=1S/C18H26BrNO/c1-5-7-18(12-19,8-6-2)13-21-17-14(3)9-16(11-20)10-15(17)4/h9-10H,5-8,12-13H2,1-4H3. The van der Waals surface area contributed by atoms with Crippen molar-refractivity contribution in [1.29, 1.82) is 5.26 Å². The molecule has 3 heteroatoms. The summed E-state index contributed by atoms with van der Waals surface area (Å²) in [6.45, 7) is 9.21. The van der Waals surface area contributed by atoms with Crippen LogP contribution in [0.2, 0.25) is 0 Å². The van der Waals surface area contributed by atoms with Gasteiger partial charge in [-0.2, -0.15) is 5.26 Å². The molecule has 0 aliphatic carbocycles. The van der Waals surface area contributed by atoms with Gasteiger partial charge in [0.15, 0.2) is 0 Å². The highest BCUT2D eigenvalue weighted by Crippen LogP contribution is 2.34. The molecule has 0 heterocycles. The third-order valence-electron chi connectivity index (χ3n) is 3.96. The van der Waals surface area contributed by atoms with E-state index in [0.717, 1.165) is 28.8 Å². The number of aryl methyl sites for hydroxylation is 2. The molecule has 0 aliphatic rings. The minimum absolute atomic E-state index is 0.205. The monoisotopic (exact) mass is 351 g/mol. The van der Waals surface area contributed by atoms with Crippen LogP contribution in [0, 0.1) is 30.6 Å². The molecule has 0 unspecified atom stereocenters. The van der Waals surface area contributed by atoms with Crippen LogP contribution in [-0.4, -0.2) is 11.9 Å². The van der Waals surface area contributed by atoms with Gasteiger partial charge in [0.25, 0.3) is 0 Å². The van der Waals surface area contributed by atoms with Crippen molar-refractivity contribution in [2.45, 2.75) is 53.4 Å². The zero-order valence-corrected chi connectivity index (χ0v) is 15.2. The van der Waals surface area contributed by atoms with Gasteiger partial charge in [-0.25, -0.2) is 0 Å². The fraction of sp³-hybridized carbons (Fsp3) is 0.611. The third kappa shape index (κ3) is 4.74. The number of benzene rings is 1. The van der Waals surface area contributed by atoms with Crippen LogP contribution in [0.5, 0.6) is 5.75 Å². The number of rotatable bonds is 8. The second kappa shape index (κ2) is 8.44. The normalized spacial score (nSPS) is 11.2. The minimum atomic E-state index is 0.205. The van der Waals surface area contributed by atoms with E-state index in [0.29, 0.717) is 5.56 Å². The lowest BCUT2D eigenvalue weighted by Crippen LogP contribution is -2.30. The molecule has 0 N–H and O–H groups in total. The van der Waals surface area contributed by atoms with E-state index in [1.54, 1.807) is 0 Å². The summed E-state index contributed by atoms with van der Waals surface area (Å²) in [5.74, 6) is 0.937. The Hall–Kier alpha value is -1.01. The number of nitriles is 1. The Balaban J connectivity index is 2.93. The van der Waals surface area contributed by atoms with Crippen molar-refractivity contribution in [2.24, 2.45) is 5.41 Å². The topological polar surface area (TPSA) is 33.0 Å². The lowest BCUT2D eigenvalue weighted by atomic mass is 9.82. The lowest BCUT2D eigenvalue weighted by molar-refractivity contribution is 0.143. The third-order valence-corrected chi connectivity index (χ3v) is 5.15. The summed E-state index contributed by atoms with van der Waals surface area (Å²) >= 11 is 3.69. The lowest BCUT2D eigenvalue weighted by Gasteiger charge is -2.32. The molecule has 0 bridgehead atoms. The molecule has 0 aliphatic heterocycles. The summed E-state index contributed by atoms with van der Waals surface area (Å²) in [4.78, 5) is 0. The predicted octanol–water partition coefficient (Wildman–Crippen LogP) is 5.54. The van der Waals surface area contributed by atoms with Crippen LogP contribution in [0.25, 0.3) is 0 Å². The van der Waals surface area contributed by atoms with Crippen molar-refractivity contribution in [2.75, 3.05) is 11.9 Å². The van der Waals surface area contributed by atoms with Gasteiger partial charge in [0, 0.05) is 10.7 Å². The number of nitrogens with zero attached hydrogens (tertiary/aromatic N) is 1. The van der Waals surface area contributed by atoms with Crippen LogP contribution in [0.1, 0.15) is 56.2 Å². The summed E-state index contributed by atoms with van der Waals surface area (Å²) in [7, 11) is 0. The summed E-state index contributed by atoms with van der Waals surface area (Å²) in [6.07, 6.45) is 4.67. The highest BCUT2D eigenvalue weighted by Gasteiger charge is 2.28. The van der Waals surface area contributed by atoms with Gasteiger partial charge in [-0.05, 0) is 49.9 Å². The van der Waals surface area contributed by atoms with Crippen molar-refractivity contribution in [3.8, 4) is 11.8 Å². The maximum Gasteiger partial charge on any atom is 0.125 e. The summed E-state index contributed by atoms with van der Waals surface area (Å²) in [6, 6.07) is 6.00. The molecule has 0 radical (unpaired) electrons. The van der Waals surface area contributed by atoms with E-state index >= 15 is 0 Å². The van der Waals surface area contributed by atoms with Crippen LogP contribution in [-0.2, 0) is 0 Å². The van der Waals surface area contributed by atoms with E-state index < -0.39 is 0 Å². The molecule has 0 amide bonds. The second-order valence-corrected chi connectivity index (χ2v) is 6.53. The Bertz CT molecular complexity index is 475. The van der Waals surface area contributed by atoms with Gasteiger partial charge in [0.1, 0.15) is 5.75 Å². The summed E-state index contributed by atoms with van der Waals surface area (Å²) in [5, 5.41) is 9.99. The van der Waals surface area contributed by atoms with Crippen LogP contribution < -0.4 is 4.74 Å². The molecule has 0 saturated heterocycles. The molecule has 0 atom stereocenters. The van der Waals surface area contributed by atoms with Gasteiger partial charge in [-0.3, -0.25) is 0 Å². The zero-order chi connectivity index (χ0) is 15.9. The van der Waals surface area contributed by atoms with E-state index in [1.165, 1.54) is 25.7 Å². The molecular formula is C18H26BrNO. The second-order valence-electron chi connectivity index (χ2n) is 5.97. The Kier molecular flexibility index (Phi) is 7.25. The first kappa shape index (κ1) is 18.0. The molecule has 1 aromatic rings. The Morgan fingerprint density at radius 2 is 1.67 bits per heavy atom. The summed E-state index contributed by atoms with van der Waals surface area (Å²) in [5.41, 5.74) is 2.99. The van der Waals surface area contributed by atoms with Gasteiger partial charge in [-0.15, -0.1) is 0 Å². The maximum atomic E-state index is 9.02. The average molecular weight is 352 g/mol. The van der Waals surface area contributed by atoms with E-state index in [4.69, 9.17) is 10.00 Å². The summed E-state index contributed by atoms with van der Waals surface area (Å²) < 4.78 is 6.19. The van der Waals surface area contributed by atoms with Crippen molar-refractivity contribution in [1.82, 2.24) is 0 Å². The first-order valence-electron chi connectivity index (χ1n) is 7.72. The molecule has 0 saturated carbocycles. The Morgan fingerprint density at radius 1 is 1.14 bits per heavy atom. The van der Waals surface area contributed by atoms with E-state index in [9.17, 15) is 0 Å². The number of alkyl halides is 1. The molecule has 116 valence electrons. The number of halogens is 1. The fourth-order valence-electron chi connectivity index (χ4n) is 2.97. The quantitative estimate of drug-likeness (QED) is 0.576. The van der Waals surface area contributed by atoms with Gasteiger partial charge in [0.05, 0.1) is 18.2 Å². The molecule has 1 rings (SSSR count). The van der Waals surface area contributed by atoms with Gasteiger partial charge >= 0.3 is 0 Å². The zero-order valence-electron chi connectivity index (χ0n) is 13.6. The highest BCUT2D eigenvalue weighted by molar-refractivity contribution is 9.09. The van der Waals surface area contributed by atoms with Crippen LogP contribution in [0.15, 0.2) is 12.1 Å². The minimum Gasteiger partial charge on any atom is -0.492 e. The highest BCUT2D eigenvalue weighted by atomic mass is 79.9. The van der Waals surface area contributed by atoms with Crippen molar-refractivity contribution < 1.29 is 4.74 Å². The first-order chi connectivity index (χ1) is 10.0. The van der Waals surface area contributed by atoms with E-state index in [-0.39, 0.29) is 5.41 Å². The van der Waals surface area contributed by atoms with Gasteiger partial charge < -0.3 is 4.74 Å². The molecular weight excluding hydrogens is 326 g/mol. The molecule has 2 nitrogen and oxygen atoms in total. The fourth-order valence-corrected chi connectivity index (χ4v) is 3.69. The van der Waals surface area contributed by atoms with Crippen LogP contribution >= 0.6 is 15.9 Å². The maximum absolute atomic E-state index is 9.02. The smallest absolute Gasteiger partial charge is 0.125 e. The average Bonchev–Trinajstić information content (AvgIpc) is 2.46. The SMILES string of the molecule is CCCC(CBr)(CCC)COc1c(C)cc(C#N)cc1C. The van der Waals surface area contributed by atoms with E-state index in [2.05, 4.69) is 35.8 Å². The largest absolute Gasteiger partial charge is 0.492 e. The number of hydrogen-bond acceptors (Lipinski definition) is 2. The van der Waals surface area contributed by atoms with Crippen molar-refractivity contribution >= 4 is 15.9 Å². The number of hydrogen-bond donors (Lipinski definition) is 0. The van der Waals surface area contributed by atoms with Crippen LogP contribution in [0.3, 0.4) is 0 Å². The van der Waals surface area contributed by atoms with Crippen molar-refractivity contribution in [3.63, 3.8) is 0 Å². The van der Waals surface area contributed by atoms with Crippen molar-refractivity contribution in [3.05, 3.63) is 28.8 Å². The Labute approximate surface area is 137 Å². The predicted molar refractivity (Wildman–Crippen MR) is 92.2 cm³/mol. The van der Waals surface area contributed by atoms with Gasteiger partial charge in [0.2, 0.25) is 0 Å². The first-order valence-corrected chi connectivity index (χ1v) is 8.84. The number of ether oxygens (including phenoxy) is 1. The van der Waals surface area contributed by atoms with E-state index in [1.807, 2.05) is 26.0 Å². The van der Waals surface area contributed by atoms with Gasteiger partial charge in [-0.1, -0.05) is 42.6 Å². The Morgan fingerprint density at radius 3 is 2.05 bits per heavy atom. The molecule has 1 aromatic carbocycles. The molecule has 0 spiro atoms. The molecule has 0 fully saturated rings. The molecule has 0 aromatic heterocycles.